The number of aromatic nitrogens is 2. The largest absolute Gasteiger partial charge is 0.378 e. The number of amides is 1. The van der Waals surface area contributed by atoms with Crippen molar-refractivity contribution in [3.63, 3.8) is 0 Å². The number of pyridine rings is 1. The van der Waals surface area contributed by atoms with Crippen molar-refractivity contribution < 1.29 is 9.53 Å². The zero-order valence-corrected chi connectivity index (χ0v) is 19.3. The van der Waals surface area contributed by atoms with Gasteiger partial charge in [0.1, 0.15) is 5.65 Å². The van der Waals surface area contributed by atoms with Crippen molar-refractivity contribution >= 4 is 11.6 Å². The van der Waals surface area contributed by atoms with Gasteiger partial charge in [-0.2, -0.15) is 0 Å². The maximum Gasteiger partial charge on any atom is 0.254 e. The lowest BCUT2D eigenvalue weighted by Gasteiger charge is -2.26. The average molecular weight is 460 g/mol. The van der Waals surface area contributed by atoms with Gasteiger partial charge in [0, 0.05) is 30.4 Å². The average Bonchev–Trinajstić information content (AvgIpc) is 3.37. The summed E-state index contributed by atoms with van der Waals surface area (Å²) in [6.45, 7) is 2.50. The highest BCUT2D eigenvalue weighted by atomic mass is 16.5. The predicted molar refractivity (Wildman–Crippen MR) is 138 cm³/mol. The second-order valence-electron chi connectivity index (χ2n) is 8.71. The normalized spacial score (nSPS) is 13.8. The molecule has 5 heteroatoms. The van der Waals surface area contributed by atoms with E-state index in [9.17, 15) is 4.79 Å². The minimum atomic E-state index is 0.0612. The molecule has 0 bridgehead atoms. The van der Waals surface area contributed by atoms with Gasteiger partial charge in [-0.3, -0.25) is 9.20 Å². The van der Waals surface area contributed by atoms with Crippen LogP contribution in [0.25, 0.3) is 39.2 Å². The summed E-state index contributed by atoms with van der Waals surface area (Å²) in [7, 11) is 0. The minimum Gasteiger partial charge on any atom is -0.378 e. The van der Waals surface area contributed by atoms with Crippen LogP contribution in [0.1, 0.15) is 10.4 Å². The number of imidazole rings is 1. The van der Waals surface area contributed by atoms with Crippen LogP contribution < -0.4 is 0 Å². The summed E-state index contributed by atoms with van der Waals surface area (Å²) >= 11 is 0. The molecule has 0 saturated carbocycles. The molecule has 1 aliphatic rings. The molecule has 0 spiro atoms. The molecule has 0 atom stereocenters. The quantitative estimate of drug-likeness (QED) is 0.341. The van der Waals surface area contributed by atoms with Crippen LogP contribution in [0.5, 0.6) is 0 Å². The lowest BCUT2D eigenvalue weighted by molar-refractivity contribution is 0.0303. The van der Waals surface area contributed by atoms with Gasteiger partial charge in [0.25, 0.3) is 5.91 Å². The summed E-state index contributed by atoms with van der Waals surface area (Å²) in [6.07, 6.45) is 4.03. The molecule has 35 heavy (non-hydrogen) atoms. The van der Waals surface area contributed by atoms with E-state index in [0.29, 0.717) is 31.9 Å². The van der Waals surface area contributed by atoms with Crippen LogP contribution >= 0.6 is 0 Å². The number of fused-ring (bicyclic) bond motifs is 1. The summed E-state index contributed by atoms with van der Waals surface area (Å²) in [5.74, 6) is 0.0612. The summed E-state index contributed by atoms with van der Waals surface area (Å²) in [5, 5.41) is 0. The second-order valence-corrected chi connectivity index (χ2v) is 8.71. The molecule has 5 aromatic rings. The molecule has 0 unspecified atom stereocenters. The fourth-order valence-electron chi connectivity index (χ4n) is 4.58. The van der Waals surface area contributed by atoms with Gasteiger partial charge in [-0.15, -0.1) is 0 Å². The summed E-state index contributed by atoms with van der Waals surface area (Å²) in [4.78, 5) is 19.2. The Morgan fingerprint density at radius 1 is 0.686 bits per heavy atom. The van der Waals surface area contributed by atoms with E-state index in [0.717, 1.165) is 28.0 Å². The van der Waals surface area contributed by atoms with Crippen molar-refractivity contribution in [1.82, 2.24) is 14.3 Å². The molecule has 0 radical (unpaired) electrons. The number of ether oxygens (including phenoxy) is 1. The highest BCUT2D eigenvalue weighted by molar-refractivity contribution is 5.94. The molecule has 5 nitrogen and oxygen atoms in total. The maximum absolute atomic E-state index is 12.8. The van der Waals surface area contributed by atoms with Crippen LogP contribution in [-0.4, -0.2) is 46.5 Å². The van der Waals surface area contributed by atoms with Crippen LogP contribution in [0.15, 0.2) is 103 Å². The zero-order chi connectivity index (χ0) is 23.6. The number of nitrogens with zero attached hydrogens (tertiary/aromatic N) is 3. The molecule has 0 N–H and O–H groups in total. The van der Waals surface area contributed by atoms with E-state index in [2.05, 4.69) is 70.2 Å². The Morgan fingerprint density at radius 2 is 1.29 bits per heavy atom. The number of hydrogen-bond donors (Lipinski definition) is 0. The fourth-order valence-corrected chi connectivity index (χ4v) is 4.58. The molecule has 1 saturated heterocycles. The molecular weight excluding hydrogens is 434 g/mol. The molecule has 0 aliphatic carbocycles. The summed E-state index contributed by atoms with van der Waals surface area (Å²) in [6, 6.07) is 30.9. The van der Waals surface area contributed by atoms with Gasteiger partial charge in [-0.1, -0.05) is 66.7 Å². The van der Waals surface area contributed by atoms with Crippen molar-refractivity contribution in [3.8, 4) is 33.5 Å². The Bertz CT molecular complexity index is 1470. The highest BCUT2D eigenvalue weighted by Gasteiger charge is 2.18. The molecular formula is C30H25N3O2. The molecule has 3 heterocycles. The number of morpholine rings is 1. The first kappa shape index (κ1) is 21.3. The van der Waals surface area contributed by atoms with Gasteiger partial charge in [0.2, 0.25) is 0 Å². The van der Waals surface area contributed by atoms with Crippen LogP contribution in [0.2, 0.25) is 0 Å². The van der Waals surface area contributed by atoms with Crippen LogP contribution in [0, 0.1) is 0 Å². The summed E-state index contributed by atoms with van der Waals surface area (Å²) < 4.78 is 7.48. The van der Waals surface area contributed by atoms with Crippen molar-refractivity contribution in [3.05, 3.63) is 109 Å². The number of benzene rings is 3. The zero-order valence-electron chi connectivity index (χ0n) is 19.3. The van der Waals surface area contributed by atoms with Gasteiger partial charge in [-0.05, 0) is 46.5 Å². The lowest BCUT2D eigenvalue weighted by atomic mass is 10.0. The Morgan fingerprint density at radius 3 is 2.03 bits per heavy atom. The van der Waals surface area contributed by atoms with E-state index >= 15 is 0 Å². The smallest absolute Gasteiger partial charge is 0.254 e. The van der Waals surface area contributed by atoms with Crippen molar-refractivity contribution in [2.75, 3.05) is 26.3 Å². The van der Waals surface area contributed by atoms with Crippen molar-refractivity contribution in [2.45, 2.75) is 0 Å². The third-order valence-electron chi connectivity index (χ3n) is 6.56. The third kappa shape index (κ3) is 4.22. The Kier molecular flexibility index (Phi) is 5.60. The first-order valence-corrected chi connectivity index (χ1v) is 11.9. The Balaban J connectivity index is 1.28. The Labute approximate surface area is 204 Å². The van der Waals surface area contributed by atoms with E-state index in [1.807, 2.05) is 47.5 Å². The van der Waals surface area contributed by atoms with Crippen LogP contribution in [0.3, 0.4) is 0 Å². The second kappa shape index (κ2) is 9.20. The molecule has 6 rings (SSSR count). The van der Waals surface area contributed by atoms with Gasteiger partial charge >= 0.3 is 0 Å². The van der Waals surface area contributed by atoms with E-state index in [1.165, 1.54) is 11.1 Å². The van der Waals surface area contributed by atoms with E-state index in [4.69, 9.17) is 4.74 Å². The van der Waals surface area contributed by atoms with Gasteiger partial charge < -0.3 is 9.64 Å². The molecule has 2 aromatic heterocycles. The molecule has 1 aliphatic heterocycles. The molecule has 1 amide bonds. The fraction of sp³-hybridized carbons (Fsp3) is 0.133. The standard InChI is InChI=1S/C30H25N3O2/c34-30(32-16-18-35-19-17-32)26-12-8-24(9-13-26)27-14-15-29-31-20-28(33(29)21-27)25-10-6-23(7-11-25)22-4-2-1-3-5-22/h1-15,20-21H,16-19H2. The van der Waals surface area contributed by atoms with E-state index < -0.39 is 0 Å². The number of rotatable bonds is 4. The third-order valence-corrected chi connectivity index (χ3v) is 6.56. The van der Waals surface area contributed by atoms with Crippen LogP contribution in [0.4, 0.5) is 0 Å². The first-order valence-electron chi connectivity index (χ1n) is 11.9. The number of hydrogen-bond acceptors (Lipinski definition) is 3. The molecule has 1 fully saturated rings. The highest BCUT2D eigenvalue weighted by Crippen LogP contribution is 2.28. The minimum absolute atomic E-state index is 0.0612. The Hall–Kier alpha value is -4.22. The lowest BCUT2D eigenvalue weighted by Crippen LogP contribution is -2.40. The molecule has 3 aromatic carbocycles. The molecule has 172 valence electrons. The van der Waals surface area contributed by atoms with Crippen LogP contribution in [-0.2, 0) is 4.74 Å². The van der Waals surface area contributed by atoms with Crippen molar-refractivity contribution in [2.24, 2.45) is 0 Å². The van der Waals surface area contributed by atoms with E-state index in [-0.39, 0.29) is 5.91 Å². The van der Waals surface area contributed by atoms with Crippen molar-refractivity contribution in [1.29, 1.82) is 0 Å². The SMILES string of the molecule is O=C(c1ccc(-c2ccc3ncc(-c4ccc(-c5ccccc5)cc4)n3c2)cc1)N1CCOCC1. The monoisotopic (exact) mass is 459 g/mol. The first-order chi connectivity index (χ1) is 17.3. The van der Waals surface area contributed by atoms with Gasteiger partial charge in [-0.25, -0.2) is 4.98 Å². The number of carbonyl (C=O) groups is 1. The van der Waals surface area contributed by atoms with Gasteiger partial charge in [0.05, 0.1) is 25.1 Å². The number of carbonyl (C=O) groups excluding carboxylic acids is 1. The van der Waals surface area contributed by atoms with Gasteiger partial charge in [0.15, 0.2) is 0 Å². The maximum atomic E-state index is 12.8. The van der Waals surface area contributed by atoms with E-state index in [1.54, 1.807) is 0 Å². The predicted octanol–water partition coefficient (Wildman–Crippen LogP) is 5.81. The summed E-state index contributed by atoms with van der Waals surface area (Å²) in [5.41, 5.74) is 8.29. The topological polar surface area (TPSA) is 46.8 Å².